The number of rotatable bonds is 3. The van der Waals surface area contributed by atoms with E-state index in [9.17, 15) is 9.59 Å². The average Bonchev–Trinajstić information content (AvgIpc) is 2.86. The number of carbonyl (C=O) groups excluding carboxylic acids is 1. The molecule has 1 aromatic rings. The van der Waals surface area contributed by atoms with Gasteiger partial charge in [0.1, 0.15) is 0 Å². The van der Waals surface area contributed by atoms with E-state index >= 15 is 0 Å². The molecule has 0 saturated carbocycles. The molecular formula is C13H15BrN2O4. The predicted molar refractivity (Wildman–Crippen MR) is 77.3 cm³/mol. The summed E-state index contributed by atoms with van der Waals surface area (Å²) < 4.78 is 5.12. The SMILES string of the molecule is COC(=O)NC1CCN(c2ccc(C(=O)O)c(Br)c2)C1. The summed E-state index contributed by atoms with van der Waals surface area (Å²) in [5.41, 5.74) is 1.16. The van der Waals surface area contributed by atoms with E-state index in [0.29, 0.717) is 11.0 Å². The molecule has 1 aliphatic heterocycles. The molecule has 0 aliphatic carbocycles. The summed E-state index contributed by atoms with van der Waals surface area (Å²) in [6.07, 6.45) is 0.396. The number of aromatic carboxylic acids is 1. The van der Waals surface area contributed by atoms with Crippen LogP contribution < -0.4 is 10.2 Å². The van der Waals surface area contributed by atoms with E-state index in [1.54, 1.807) is 18.2 Å². The van der Waals surface area contributed by atoms with Crippen molar-refractivity contribution in [2.75, 3.05) is 25.1 Å². The molecule has 1 atom stereocenters. The van der Waals surface area contributed by atoms with Crippen molar-refractivity contribution in [3.05, 3.63) is 28.2 Å². The first kappa shape index (κ1) is 14.6. The van der Waals surface area contributed by atoms with Crippen LogP contribution >= 0.6 is 15.9 Å². The van der Waals surface area contributed by atoms with E-state index in [2.05, 4.69) is 30.9 Å². The highest BCUT2D eigenvalue weighted by Gasteiger charge is 2.24. The summed E-state index contributed by atoms with van der Waals surface area (Å²) >= 11 is 3.26. The zero-order valence-electron chi connectivity index (χ0n) is 10.9. The van der Waals surface area contributed by atoms with Crippen LogP contribution in [-0.2, 0) is 4.74 Å². The van der Waals surface area contributed by atoms with Gasteiger partial charge in [0, 0.05) is 23.2 Å². The van der Waals surface area contributed by atoms with Crippen LogP contribution in [0.3, 0.4) is 0 Å². The standard InChI is InChI=1S/C13H15BrN2O4/c1-20-13(19)15-8-4-5-16(7-8)9-2-3-10(12(17)18)11(14)6-9/h2-3,6,8H,4-5,7H2,1H3,(H,15,19)(H,17,18). The van der Waals surface area contributed by atoms with Crippen molar-refractivity contribution in [1.29, 1.82) is 0 Å². The number of hydrogen-bond acceptors (Lipinski definition) is 4. The number of hydrogen-bond donors (Lipinski definition) is 2. The van der Waals surface area contributed by atoms with Gasteiger partial charge in [0.15, 0.2) is 0 Å². The van der Waals surface area contributed by atoms with Crippen molar-refractivity contribution in [3.8, 4) is 0 Å². The Labute approximate surface area is 124 Å². The number of carboxylic acids is 1. The molecule has 1 fully saturated rings. The monoisotopic (exact) mass is 342 g/mol. The number of methoxy groups -OCH3 is 1. The first-order chi connectivity index (χ1) is 9.51. The Kier molecular flexibility index (Phi) is 4.49. The molecule has 1 unspecified atom stereocenters. The van der Waals surface area contributed by atoms with E-state index < -0.39 is 12.1 Å². The fourth-order valence-corrected chi connectivity index (χ4v) is 2.75. The molecule has 7 heteroatoms. The lowest BCUT2D eigenvalue weighted by molar-refractivity contribution is 0.0696. The number of ether oxygens (including phenoxy) is 1. The molecule has 1 aromatic carbocycles. The molecule has 0 aromatic heterocycles. The summed E-state index contributed by atoms with van der Waals surface area (Å²) in [6.45, 7) is 1.47. The maximum Gasteiger partial charge on any atom is 0.407 e. The minimum absolute atomic E-state index is 0.0420. The van der Waals surface area contributed by atoms with Crippen LogP contribution in [0.4, 0.5) is 10.5 Å². The first-order valence-corrected chi connectivity index (χ1v) is 6.93. The first-order valence-electron chi connectivity index (χ1n) is 6.13. The van der Waals surface area contributed by atoms with Crippen LogP contribution in [0.25, 0.3) is 0 Å². The Morgan fingerprint density at radius 1 is 1.50 bits per heavy atom. The van der Waals surface area contributed by atoms with Crippen molar-refractivity contribution >= 4 is 33.7 Å². The molecule has 108 valence electrons. The minimum Gasteiger partial charge on any atom is -0.478 e. The van der Waals surface area contributed by atoms with E-state index in [-0.39, 0.29) is 11.6 Å². The molecule has 1 heterocycles. The van der Waals surface area contributed by atoms with Crippen molar-refractivity contribution in [2.24, 2.45) is 0 Å². The molecule has 1 amide bonds. The lowest BCUT2D eigenvalue weighted by Crippen LogP contribution is -2.36. The van der Waals surface area contributed by atoms with Crippen molar-refractivity contribution in [2.45, 2.75) is 12.5 Å². The Balaban J connectivity index is 2.05. The van der Waals surface area contributed by atoms with E-state index in [1.165, 1.54) is 7.11 Å². The van der Waals surface area contributed by atoms with Gasteiger partial charge in [-0.3, -0.25) is 0 Å². The number of nitrogens with one attached hydrogen (secondary N) is 1. The molecular weight excluding hydrogens is 328 g/mol. The Morgan fingerprint density at radius 2 is 2.25 bits per heavy atom. The van der Waals surface area contributed by atoms with Crippen LogP contribution in [-0.4, -0.2) is 43.4 Å². The summed E-state index contributed by atoms with van der Waals surface area (Å²) in [7, 11) is 1.34. The summed E-state index contributed by atoms with van der Waals surface area (Å²) in [4.78, 5) is 24.2. The number of alkyl carbamates (subject to hydrolysis) is 1. The minimum atomic E-state index is -0.963. The van der Waals surface area contributed by atoms with Gasteiger partial charge in [-0.2, -0.15) is 0 Å². The van der Waals surface area contributed by atoms with Gasteiger partial charge in [-0.1, -0.05) is 0 Å². The fourth-order valence-electron chi connectivity index (χ4n) is 2.21. The third-order valence-corrected chi connectivity index (χ3v) is 3.90. The Hall–Kier alpha value is -1.76. The molecule has 2 N–H and O–H groups in total. The Morgan fingerprint density at radius 3 is 2.85 bits per heavy atom. The number of amides is 1. The third-order valence-electron chi connectivity index (χ3n) is 3.24. The van der Waals surface area contributed by atoms with Gasteiger partial charge < -0.3 is 20.1 Å². The van der Waals surface area contributed by atoms with E-state index in [1.807, 2.05) is 0 Å². The van der Waals surface area contributed by atoms with Gasteiger partial charge in [-0.05, 0) is 40.5 Å². The molecule has 20 heavy (non-hydrogen) atoms. The topological polar surface area (TPSA) is 78.9 Å². The number of benzene rings is 1. The van der Waals surface area contributed by atoms with Gasteiger partial charge in [-0.15, -0.1) is 0 Å². The lowest BCUT2D eigenvalue weighted by atomic mass is 10.2. The molecule has 2 rings (SSSR count). The Bertz CT molecular complexity index is 535. The van der Waals surface area contributed by atoms with Crippen LogP contribution in [0, 0.1) is 0 Å². The number of halogens is 1. The maximum absolute atomic E-state index is 11.2. The second kappa shape index (κ2) is 6.13. The highest BCUT2D eigenvalue weighted by atomic mass is 79.9. The van der Waals surface area contributed by atoms with E-state index in [0.717, 1.165) is 18.7 Å². The number of anilines is 1. The van der Waals surface area contributed by atoms with Crippen LogP contribution in [0.5, 0.6) is 0 Å². The maximum atomic E-state index is 11.2. The van der Waals surface area contributed by atoms with E-state index in [4.69, 9.17) is 5.11 Å². The summed E-state index contributed by atoms with van der Waals surface area (Å²) in [5.74, 6) is -0.963. The second-order valence-corrected chi connectivity index (χ2v) is 5.39. The van der Waals surface area contributed by atoms with Gasteiger partial charge in [0.05, 0.1) is 18.7 Å². The number of carbonyl (C=O) groups is 2. The van der Waals surface area contributed by atoms with Gasteiger partial charge in [0.25, 0.3) is 0 Å². The predicted octanol–water partition coefficient (Wildman–Crippen LogP) is 2.08. The largest absolute Gasteiger partial charge is 0.478 e. The van der Waals surface area contributed by atoms with Gasteiger partial charge in [0.2, 0.25) is 0 Å². The normalized spacial score (nSPS) is 17.9. The molecule has 0 bridgehead atoms. The number of nitrogens with zero attached hydrogens (tertiary/aromatic N) is 1. The second-order valence-electron chi connectivity index (χ2n) is 4.54. The van der Waals surface area contributed by atoms with Crippen LogP contribution in [0.2, 0.25) is 0 Å². The van der Waals surface area contributed by atoms with Crippen molar-refractivity contribution in [3.63, 3.8) is 0 Å². The number of carboxylic acid groups (broad SMARTS) is 1. The quantitative estimate of drug-likeness (QED) is 0.879. The van der Waals surface area contributed by atoms with Crippen LogP contribution in [0.15, 0.2) is 22.7 Å². The highest BCUT2D eigenvalue weighted by Crippen LogP contribution is 2.26. The van der Waals surface area contributed by atoms with Gasteiger partial charge in [-0.25, -0.2) is 9.59 Å². The van der Waals surface area contributed by atoms with Crippen LogP contribution in [0.1, 0.15) is 16.8 Å². The van der Waals surface area contributed by atoms with Gasteiger partial charge >= 0.3 is 12.1 Å². The lowest BCUT2D eigenvalue weighted by Gasteiger charge is -2.19. The molecule has 1 saturated heterocycles. The zero-order valence-corrected chi connectivity index (χ0v) is 12.5. The summed E-state index contributed by atoms with van der Waals surface area (Å²) in [5, 5.41) is 11.7. The summed E-state index contributed by atoms with van der Waals surface area (Å²) in [6, 6.07) is 5.17. The molecule has 0 radical (unpaired) electrons. The molecule has 1 aliphatic rings. The molecule has 6 nitrogen and oxygen atoms in total. The smallest absolute Gasteiger partial charge is 0.407 e. The third kappa shape index (κ3) is 3.22. The fraction of sp³-hybridized carbons (Fsp3) is 0.385. The zero-order chi connectivity index (χ0) is 14.7. The van der Waals surface area contributed by atoms with Crippen molar-refractivity contribution in [1.82, 2.24) is 5.32 Å². The molecule has 0 spiro atoms. The average molecular weight is 343 g/mol. The van der Waals surface area contributed by atoms with Crippen molar-refractivity contribution < 1.29 is 19.4 Å². The highest BCUT2D eigenvalue weighted by molar-refractivity contribution is 9.10.